The van der Waals surface area contributed by atoms with Gasteiger partial charge in [0, 0.05) is 48.4 Å². The van der Waals surface area contributed by atoms with E-state index in [1.807, 2.05) is 11.3 Å². The number of nitrogens with zero attached hydrogens (tertiary/aromatic N) is 2. The van der Waals surface area contributed by atoms with Crippen LogP contribution in [0.15, 0.2) is 162 Å². The third-order valence-electron chi connectivity index (χ3n) is 11.0. The summed E-state index contributed by atoms with van der Waals surface area (Å²) in [5.41, 5.74) is 15.4. The molecule has 0 aliphatic carbocycles. The monoisotopic (exact) mass is 684 g/mol. The third kappa shape index (κ3) is 4.20. The topological polar surface area (TPSA) is 19.6 Å². The van der Waals surface area contributed by atoms with Crippen LogP contribution in [0.5, 0.6) is 0 Å². The molecule has 3 nitrogen and oxygen atoms in total. The van der Waals surface area contributed by atoms with E-state index in [4.69, 9.17) is 4.42 Å². The maximum atomic E-state index is 6.73. The van der Waals surface area contributed by atoms with Crippen molar-refractivity contribution in [2.24, 2.45) is 0 Å². The number of thiophene rings is 1. The molecule has 52 heavy (non-hydrogen) atoms. The van der Waals surface area contributed by atoms with Crippen LogP contribution in [0.1, 0.15) is 25.3 Å². The first kappa shape index (κ1) is 29.7. The van der Waals surface area contributed by atoms with Crippen molar-refractivity contribution in [2.45, 2.75) is 19.8 Å². The molecule has 0 bridgehead atoms. The van der Waals surface area contributed by atoms with E-state index in [1.165, 1.54) is 65.2 Å². The van der Waals surface area contributed by atoms with E-state index >= 15 is 0 Å². The summed E-state index contributed by atoms with van der Waals surface area (Å²) in [5.74, 6) is 0.323. The smallest absolute Gasteiger partial charge is 0.264 e. The zero-order valence-corrected chi connectivity index (χ0v) is 29.7. The van der Waals surface area contributed by atoms with Crippen molar-refractivity contribution >= 4 is 99.9 Å². The highest BCUT2D eigenvalue weighted by Gasteiger charge is 2.45. The highest BCUT2D eigenvalue weighted by Crippen LogP contribution is 2.50. The normalized spacial score (nSPS) is 13.2. The van der Waals surface area contributed by atoms with Crippen molar-refractivity contribution in [2.75, 3.05) is 9.80 Å². The van der Waals surface area contributed by atoms with Gasteiger partial charge < -0.3 is 14.2 Å². The van der Waals surface area contributed by atoms with Gasteiger partial charge in [0.15, 0.2) is 5.58 Å². The van der Waals surface area contributed by atoms with Crippen LogP contribution in [-0.2, 0) is 0 Å². The van der Waals surface area contributed by atoms with Gasteiger partial charge in [-0.3, -0.25) is 0 Å². The Hall–Kier alpha value is -6.04. The molecule has 2 aromatic heterocycles. The molecule has 4 heterocycles. The van der Waals surface area contributed by atoms with Crippen LogP contribution in [0.3, 0.4) is 0 Å². The average molecular weight is 685 g/mol. The van der Waals surface area contributed by atoms with Gasteiger partial charge in [0.2, 0.25) is 0 Å². The highest BCUT2D eigenvalue weighted by molar-refractivity contribution is 7.33. The fraction of sp³-hybridized carbons (Fsp3) is 0.0638. The zero-order chi connectivity index (χ0) is 34.5. The Morgan fingerprint density at radius 1 is 0.558 bits per heavy atom. The lowest BCUT2D eigenvalue weighted by atomic mass is 9.36. The third-order valence-corrected chi connectivity index (χ3v) is 12.2. The number of fused-ring (bicyclic) bond motifs is 9. The molecule has 0 saturated heterocycles. The molecule has 7 aromatic carbocycles. The summed E-state index contributed by atoms with van der Waals surface area (Å²) in [5, 5.41) is 3.57. The fourth-order valence-corrected chi connectivity index (χ4v) is 9.92. The van der Waals surface area contributed by atoms with Crippen molar-refractivity contribution < 1.29 is 4.42 Å². The Morgan fingerprint density at radius 2 is 1.21 bits per heavy atom. The molecule has 0 unspecified atom stereocenters. The Balaban J connectivity index is 1.23. The molecule has 246 valence electrons. The molecule has 0 atom stereocenters. The maximum Gasteiger partial charge on any atom is 0.264 e. The SMILES string of the molecule is CC(C)c1cc2c3c(c1)N(c1cccc4c1oc1ccccc14)c1ccccc1B3c1sc3ccccc3c1N2c1ccc(-c2ccccc2)cc1. The van der Waals surface area contributed by atoms with Crippen molar-refractivity contribution in [3.8, 4) is 11.1 Å². The lowest BCUT2D eigenvalue weighted by molar-refractivity contribution is 0.669. The van der Waals surface area contributed by atoms with Crippen LogP contribution >= 0.6 is 11.3 Å². The second-order valence-electron chi connectivity index (χ2n) is 14.3. The van der Waals surface area contributed by atoms with Crippen molar-refractivity contribution in [1.82, 2.24) is 0 Å². The number of anilines is 6. The molecule has 0 spiro atoms. The lowest BCUT2D eigenvalue weighted by Crippen LogP contribution is -2.60. The molecular weight excluding hydrogens is 651 g/mol. The molecule has 9 aromatic rings. The van der Waals surface area contributed by atoms with E-state index in [1.54, 1.807) is 0 Å². The fourth-order valence-electron chi connectivity index (χ4n) is 8.60. The van der Waals surface area contributed by atoms with E-state index < -0.39 is 0 Å². The van der Waals surface area contributed by atoms with Gasteiger partial charge in [-0.2, -0.15) is 0 Å². The van der Waals surface area contributed by atoms with Crippen LogP contribution in [0.25, 0.3) is 43.2 Å². The second kappa shape index (κ2) is 11.2. The molecule has 0 saturated carbocycles. The van der Waals surface area contributed by atoms with Gasteiger partial charge in [0.05, 0.1) is 11.4 Å². The van der Waals surface area contributed by atoms with Gasteiger partial charge in [-0.25, -0.2) is 0 Å². The Labute approximate surface area is 307 Å². The van der Waals surface area contributed by atoms with Crippen LogP contribution < -0.4 is 25.5 Å². The zero-order valence-electron chi connectivity index (χ0n) is 28.9. The highest BCUT2D eigenvalue weighted by atomic mass is 32.1. The van der Waals surface area contributed by atoms with Crippen LogP contribution in [0, 0.1) is 0 Å². The first-order valence-electron chi connectivity index (χ1n) is 18.1. The van der Waals surface area contributed by atoms with Gasteiger partial charge in [0.25, 0.3) is 6.71 Å². The van der Waals surface area contributed by atoms with Gasteiger partial charge >= 0.3 is 0 Å². The summed E-state index contributed by atoms with van der Waals surface area (Å²) in [6.07, 6.45) is 0. The minimum atomic E-state index is 0.0841. The molecule has 2 aliphatic rings. The standard InChI is InChI=1S/C47H33BN2OS/c1-29(2)32-27-40-44-41(28-32)50(39-20-12-17-35-34-15-6-10-21-42(34)51-46(35)39)38-19-9-8-18-37(38)48(44)47-45(36-16-7-11-22-43(36)52-47)49(40)33-25-23-31(24-26-33)30-13-4-3-5-14-30/h3-29H,1-2H3. The molecular formula is C47H33BN2OS. The Kier molecular flexibility index (Phi) is 6.41. The van der Waals surface area contributed by atoms with Crippen molar-refractivity contribution in [3.63, 3.8) is 0 Å². The summed E-state index contributed by atoms with van der Waals surface area (Å²) >= 11 is 1.93. The van der Waals surface area contributed by atoms with Crippen molar-refractivity contribution in [1.29, 1.82) is 0 Å². The van der Waals surface area contributed by atoms with Gasteiger partial charge in [-0.1, -0.05) is 123 Å². The number of rotatable bonds is 4. The molecule has 11 rings (SSSR count). The van der Waals surface area contributed by atoms with Gasteiger partial charge in [-0.15, -0.1) is 11.3 Å². The number of hydrogen-bond donors (Lipinski definition) is 0. The lowest BCUT2D eigenvalue weighted by Gasteiger charge is -2.43. The molecule has 0 amide bonds. The Bertz CT molecular complexity index is 2850. The predicted molar refractivity (Wildman–Crippen MR) is 223 cm³/mol. The van der Waals surface area contributed by atoms with E-state index in [-0.39, 0.29) is 6.71 Å². The second-order valence-corrected chi connectivity index (χ2v) is 15.3. The summed E-state index contributed by atoms with van der Waals surface area (Å²) in [7, 11) is 0. The van der Waals surface area contributed by atoms with E-state index in [9.17, 15) is 0 Å². The predicted octanol–water partition coefficient (Wildman–Crippen LogP) is 11.7. The van der Waals surface area contributed by atoms with E-state index in [0.29, 0.717) is 5.92 Å². The number of para-hydroxylation sites is 3. The minimum Gasteiger partial charge on any atom is -0.454 e. The maximum absolute atomic E-state index is 6.73. The van der Waals surface area contributed by atoms with Crippen LogP contribution in [0.4, 0.5) is 34.1 Å². The summed E-state index contributed by atoms with van der Waals surface area (Å²) in [4.78, 5) is 5.04. The largest absolute Gasteiger partial charge is 0.454 e. The summed E-state index contributed by atoms with van der Waals surface area (Å²) in [6, 6.07) is 57.6. The summed E-state index contributed by atoms with van der Waals surface area (Å²) < 4.78 is 9.42. The number of hydrogen-bond acceptors (Lipinski definition) is 4. The number of benzene rings is 7. The first-order valence-corrected chi connectivity index (χ1v) is 18.9. The minimum absolute atomic E-state index is 0.0841. The van der Waals surface area contributed by atoms with Crippen molar-refractivity contribution in [3.05, 3.63) is 163 Å². The van der Waals surface area contributed by atoms with Crippen LogP contribution in [0.2, 0.25) is 0 Å². The van der Waals surface area contributed by atoms with E-state index in [0.717, 1.165) is 33.3 Å². The molecule has 2 aliphatic heterocycles. The summed E-state index contributed by atoms with van der Waals surface area (Å²) in [6.45, 7) is 4.70. The quantitative estimate of drug-likeness (QED) is 0.172. The molecule has 5 heteroatoms. The molecule has 0 N–H and O–H groups in total. The van der Waals surface area contributed by atoms with Gasteiger partial charge in [-0.05, 0) is 82.1 Å². The number of furan rings is 1. The molecule has 0 radical (unpaired) electrons. The average Bonchev–Trinajstić information content (AvgIpc) is 3.77. The first-order chi connectivity index (χ1) is 25.6. The van der Waals surface area contributed by atoms with Gasteiger partial charge in [0.1, 0.15) is 5.58 Å². The Morgan fingerprint density at radius 3 is 2.04 bits per heavy atom. The molecule has 0 fully saturated rings. The van der Waals surface area contributed by atoms with Crippen LogP contribution in [-0.4, -0.2) is 6.71 Å². The van der Waals surface area contributed by atoms with E-state index in [2.05, 4.69) is 181 Å².